The lowest BCUT2D eigenvalue weighted by molar-refractivity contribution is 0.316. The standard InChI is InChI=1S/C11H19N/c1-2-3-5-10-8-11-6-4-7-12(11)9-10/h2,10-11H,1,3-9H2/t10-,11+/m0/s1. The van der Waals surface area contributed by atoms with Gasteiger partial charge in [0, 0.05) is 12.6 Å². The van der Waals surface area contributed by atoms with Crippen LogP contribution in [0.25, 0.3) is 0 Å². The van der Waals surface area contributed by atoms with Gasteiger partial charge < -0.3 is 4.90 Å². The van der Waals surface area contributed by atoms with Crippen molar-refractivity contribution < 1.29 is 0 Å². The van der Waals surface area contributed by atoms with Crippen LogP contribution in [0.3, 0.4) is 0 Å². The zero-order chi connectivity index (χ0) is 8.39. The molecule has 2 aliphatic rings. The highest BCUT2D eigenvalue weighted by atomic mass is 15.2. The highest BCUT2D eigenvalue weighted by molar-refractivity contribution is 4.90. The average molecular weight is 165 g/mol. The van der Waals surface area contributed by atoms with Crippen molar-refractivity contribution in [3.63, 3.8) is 0 Å². The van der Waals surface area contributed by atoms with Gasteiger partial charge in [0.15, 0.2) is 0 Å². The molecule has 68 valence electrons. The van der Waals surface area contributed by atoms with Crippen LogP contribution in [0.15, 0.2) is 12.7 Å². The van der Waals surface area contributed by atoms with Gasteiger partial charge in [0.2, 0.25) is 0 Å². The number of nitrogens with zero attached hydrogens (tertiary/aromatic N) is 1. The fourth-order valence-corrected chi connectivity index (χ4v) is 2.76. The number of allylic oxidation sites excluding steroid dienone is 1. The molecule has 0 bridgehead atoms. The van der Waals surface area contributed by atoms with Crippen molar-refractivity contribution in [1.82, 2.24) is 4.90 Å². The lowest BCUT2D eigenvalue weighted by atomic mass is 9.98. The van der Waals surface area contributed by atoms with E-state index in [2.05, 4.69) is 17.6 Å². The maximum absolute atomic E-state index is 3.78. The van der Waals surface area contributed by atoms with Crippen molar-refractivity contribution in [3.8, 4) is 0 Å². The first-order valence-electron chi connectivity index (χ1n) is 5.25. The number of fused-ring (bicyclic) bond motifs is 1. The molecule has 2 fully saturated rings. The van der Waals surface area contributed by atoms with Crippen LogP contribution >= 0.6 is 0 Å². The molecule has 0 aromatic heterocycles. The van der Waals surface area contributed by atoms with Gasteiger partial charge in [-0.1, -0.05) is 6.08 Å². The van der Waals surface area contributed by atoms with Gasteiger partial charge in [-0.25, -0.2) is 0 Å². The molecular formula is C11H19N. The number of hydrogen-bond acceptors (Lipinski definition) is 1. The minimum atomic E-state index is 0.958. The summed E-state index contributed by atoms with van der Waals surface area (Å²) in [5.74, 6) is 0.980. The molecule has 0 N–H and O–H groups in total. The third-order valence-electron chi connectivity index (χ3n) is 3.38. The van der Waals surface area contributed by atoms with E-state index in [1.165, 1.54) is 45.2 Å². The summed E-state index contributed by atoms with van der Waals surface area (Å²) in [5, 5.41) is 0. The Labute approximate surface area is 75.4 Å². The molecule has 2 atom stereocenters. The second-order valence-electron chi connectivity index (χ2n) is 4.26. The minimum Gasteiger partial charge on any atom is -0.300 e. The average Bonchev–Trinajstić information content (AvgIpc) is 2.58. The van der Waals surface area contributed by atoms with Crippen LogP contribution in [-0.4, -0.2) is 24.0 Å². The Hall–Kier alpha value is -0.300. The van der Waals surface area contributed by atoms with Gasteiger partial charge in [0.05, 0.1) is 0 Å². The largest absolute Gasteiger partial charge is 0.300 e. The lowest BCUT2D eigenvalue weighted by Crippen LogP contribution is -2.22. The molecule has 0 unspecified atom stereocenters. The molecule has 0 spiro atoms. The molecule has 1 nitrogen and oxygen atoms in total. The monoisotopic (exact) mass is 165 g/mol. The first kappa shape index (κ1) is 8.31. The molecule has 0 amide bonds. The van der Waals surface area contributed by atoms with Crippen LogP contribution in [-0.2, 0) is 0 Å². The topological polar surface area (TPSA) is 3.24 Å². The van der Waals surface area contributed by atoms with E-state index in [-0.39, 0.29) is 0 Å². The van der Waals surface area contributed by atoms with Crippen molar-refractivity contribution >= 4 is 0 Å². The van der Waals surface area contributed by atoms with E-state index in [9.17, 15) is 0 Å². The van der Waals surface area contributed by atoms with Gasteiger partial charge in [-0.3, -0.25) is 0 Å². The summed E-state index contributed by atoms with van der Waals surface area (Å²) in [5.41, 5.74) is 0. The summed E-state index contributed by atoms with van der Waals surface area (Å²) < 4.78 is 0. The summed E-state index contributed by atoms with van der Waals surface area (Å²) in [6, 6.07) is 0.958. The Morgan fingerprint density at radius 1 is 1.50 bits per heavy atom. The fourth-order valence-electron chi connectivity index (χ4n) is 2.76. The summed E-state index contributed by atoms with van der Waals surface area (Å²) in [6.07, 6.45) is 9.02. The highest BCUT2D eigenvalue weighted by Gasteiger charge is 2.34. The predicted octanol–water partition coefficient (Wildman–Crippen LogP) is 2.44. The van der Waals surface area contributed by atoms with Crippen molar-refractivity contribution in [2.45, 2.75) is 38.1 Å². The molecule has 2 aliphatic heterocycles. The predicted molar refractivity (Wildman–Crippen MR) is 52.1 cm³/mol. The van der Waals surface area contributed by atoms with Crippen molar-refractivity contribution in [2.24, 2.45) is 5.92 Å². The lowest BCUT2D eigenvalue weighted by Gasteiger charge is -2.12. The van der Waals surface area contributed by atoms with Gasteiger partial charge in [0.25, 0.3) is 0 Å². The quantitative estimate of drug-likeness (QED) is 0.581. The van der Waals surface area contributed by atoms with Gasteiger partial charge in [-0.15, -0.1) is 6.58 Å². The number of rotatable bonds is 3. The Morgan fingerprint density at radius 2 is 2.42 bits per heavy atom. The van der Waals surface area contributed by atoms with E-state index >= 15 is 0 Å². The van der Waals surface area contributed by atoms with Gasteiger partial charge in [-0.2, -0.15) is 0 Å². The molecule has 2 heterocycles. The van der Waals surface area contributed by atoms with E-state index in [4.69, 9.17) is 0 Å². The summed E-state index contributed by atoms with van der Waals surface area (Å²) in [4.78, 5) is 2.69. The maximum atomic E-state index is 3.78. The molecule has 2 rings (SSSR count). The van der Waals surface area contributed by atoms with Crippen LogP contribution in [0.5, 0.6) is 0 Å². The van der Waals surface area contributed by atoms with Crippen molar-refractivity contribution in [3.05, 3.63) is 12.7 Å². The fraction of sp³-hybridized carbons (Fsp3) is 0.818. The van der Waals surface area contributed by atoms with Crippen LogP contribution in [0.1, 0.15) is 32.1 Å². The molecule has 0 saturated carbocycles. The van der Waals surface area contributed by atoms with Crippen LogP contribution in [0.4, 0.5) is 0 Å². The molecule has 1 heteroatoms. The third-order valence-corrected chi connectivity index (χ3v) is 3.38. The first-order valence-corrected chi connectivity index (χ1v) is 5.25. The zero-order valence-corrected chi connectivity index (χ0v) is 7.84. The molecule has 0 aromatic carbocycles. The van der Waals surface area contributed by atoms with E-state index in [0.29, 0.717) is 0 Å². The smallest absolute Gasteiger partial charge is 0.00989 e. The van der Waals surface area contributed by atoms with Crippen molar-refractivity contribution in [2.75, 3.05) is 13.1 Å². The van der Waals surface area contributed by atoms with Gasteiger partial charge in [-0.05, 0) is 44.6 Å². The zero-order valence-electron chi connectivity index (χ0n) is 7.84. The van der Waals surface area contributed by atoms with E-state index < -0.39 is 0 Å². The van der Waals surface area contributed by atoms with Crippen LogP contribution in [0.2, 0.25) is 0 Å². The molecule has 0 radical (unpaired) electrons. The summed E-state index contributed by atoms with van der Waals surface area (Å²) in [7, 11) is 0. The SMILES string of the molecule is C=CCC[C@H]1C[C@H]2CCCN2C1. The van der Waals surface area contributed by atoms with Crippen molar-refractivity contribution in [1.29, 1.82) is 0 Å². The molecule has 0 aliphatic carbocycles. The van der Waals surface area contributed by atoms with Crippen LogP contribution in [0, 0.1) is 5.92 Å². The Bertz CT molecular complexity index is 152. The normalized spacial score (nSPS) is 35.3. The highest BCUT2D eigenvalue weighted by Crippen LogP contribution is 2.33. The Balaban J connectivity index is 1.78. The molecule has 12 heavy (non-hydrogen) atoms. The van der Waals surface area contributed by atoms with E-state index in [0.717, 1.165) is 12.0 Å². The maximum Gasteiger partial charge on any atom is 0.00989 e. The first-order chi connectivity index (χ1) is 5.90. The van der Waals surface area contributed by atoms with Crippen LogP contribution < -0.4 is 0 Å². The molecule has 2 saturated heterocycles. The Morgan fingerprint density at radius 3 is 3.17 bits per heavy atom. The van der Waals surface area contributed by atoms with Gasteiger partial charge in [0.1, 0.15) is 0 Å². The third kappa shape index (κ3) is 1.56. The Kier molecular flexibility index (Phi) is 2.50. The summed E-state index contributed by atoms with van der Waals surface area (Å²) >= 11 is 0. The van der Waals surface area contributed by atoms with E-state index in [1.54, 1.807) is 0 Å². The van der Waals surface area contributed by atoms with E-state index in [1.807, 2.05) is 0 Å². The number of hydrogen-bond donors (Lipinski definition) is 0. The summed E-state index contributed by atoms with van der Waals surface area (Å²) in [6.45, 7) is 6.52. The second-order valence-corrected chi connectivity index (χ2v) is 4.26. The molecule has 0 aromatic rings. The second kappa shape index (κ2) is 3.61. The minimum absolute atomic E-state index is 0.958. The van der Waals surface area contributed by atoms with Gasteiger partial charge >= 0.3 is 0 Å². The molecular weight excluding hydrogens is 146 g/mol.